The SMILES string of the molecule is CNC(=O)Cc1ccc(NC(=O)c2cc(-c3ccc(C)cc3)nc3onc(C)c23)cc1. The maximum absolute atomic E-state index is 13.2. The van der Waals surface area contributed by atoms with Crippen LogP contribution < -0.4 is 10.6 Å². The van der Waals surface area contributed by atoms with E-state index in [0.717, 1.165) is 16.7 Å². The number of aryl methyl sites for hydroxylation is 2. The van der Waals surface area contributed by atoms with E-state index in [9.17, 15) is 9.59 Å². The van der Waals surface area contributed by atoms with Gasteiger partial charge in [-0.1, -0.05) is 47.1 Å². The monoisotopic (exact) mass is 414 g/mol. The lowest BCUT2D eigenvalue weighted by Gasteiger charge is -2.09. The molecule has 2 heterocycles. The van der Waals surface area contributed by atoms with Gasteiger partial charge in [0.2, 0.25) is 5.91 Å². The Hall–Kier alpha value is -4.00. The van der Waals surface area contributed by atoms with Gasteiger partial charge in [-0.2, -0.15) is 0 Å². The lowest BCUT2D eigenvalue weighted by Crippen LogP contribution is -2.19. The van der Waals surface area contributed by atoms with Crippen molar-refractivity contribution in [1.29, 1.82) is 0 Å². The van der Waals surface area contributed by atoms with Crippen molar-refractivity contribution in [1.82, 2.24) is 15.5 Å². The molecular weight excluding hydrogens is 392 g/mol. The van der Waals surface area contributed by atoms with Gasteiger partial charge in [-0.05, 0) is 37.6 Å². The summed E-state index contributed by atoms with van der Waals surface area (Å²) in [5, 5.41) is 10.1. The van der Waals surface area contributed by atoms with Gasteiger partial charge in [-0.25, -0.2) is 4.98 Å². The number of benzene rings is 2. The van der Waals surface area contributed by atoms with Crippen LogP contribution in [0.1, 0.15) is 27.2 Å². The molecule has 0 saturated heterocycles. The molecule has 0 aliphatic heterocycles. The lowest BCUT2D eigenvalue weighted by molar-refractivity contribution is -0.119. The van der Waals surface area contributed by atoms with Crippen molar-refractivity contribution in [2.45, 2.75) is 20.3 Å². The molecule has 0 unspecified atom stereocenters. The van der Waals surface area contributed by atoms with E-state index < -0.39 is 0 Å². The molecule has 0 aliphatic rings. The molecule has 7 nitrogen and oxygen atoms in total. The van der Waals surface area contributed by atoms with Crippen LogP contribution in [0.3, 0.4) is 0 Å². The largest absolute Gasteiger partial charge is 0.359 e. The lowest BCUT2D eigenvalue weighted by atomic mass is 10.0. The minimum Gasteiger partial charge on any atom is -0.359 e. The fourth-order valence-electron chi connectivity index (χ4n) is 3.32. The molecule has 2 aromatic heterocycles. The highest BCUT2D eigenvalue weighted by Gasteiger charge is 2.19. The Morgan fingerprint density at radius 2 is 1.71 bits per heavy atom. The van der Waals surface area contributed by atoms with Gasteiger partial charge in [0.15, 0.2) is 0 Å². The number of anilines is 1. The number of carbonyl (C=O) groups excluding carboxylic acids is 2. The average Bonchev–Trinajstić information content (AvgIpc) is 3.15. The quantitative estimate of drug-likeness (QED) is 0.514. The summed E-state index contributed by atoms with van der Waals surface area (Å²) in [6.07, 6.45) is 0.287. The van der Waals surface area contributed by atoms with E-state index >= 15 is 0 Å². The van der Waals surface area contributed by atoms with E-state index in [4.69, 9.17) is 4.52 Å². The zero-order valence-corrected chi connectivity index (χ0v) is 17.5. The Morgan fingerprint density at radius 1 is 1.00 bits per heavy atom. The maximum atomic E-state index is 13.2. The number of hydrogen-bond acceptors (Lipinski definition) is 5. The van der Waals surface area contributed by atoms with Crippen molar-refractivity contribution >= 4 is 28.6 Å². The average molecular weight is 414 g/mol. The number of nitrogens with zero attached hydrogens (tertiary/aromatic N) is 2. The highest BCUT2D eigenvalue weighted by atomic mass is 16.5. The number of pyridine rings is 1. The fraction of sp³-hybridized carbons (Fsp3) is 0.167. The van der Waals surface area contributed by atoms with Crippen molar-refractivity contribution in [2.24, 2.45) is 0 Å². The third kappa shape index (κ3) is 4.30. The summed E-state index contributed by atoms with van der Waals surface area (Å²) in [4.78, 5) is 29.2. The molecule has 0 spiro atoms. The molecule has 0 radical (unpaired) electrons. The third-order valence-corrected chi connectivity index (χ3v) is 5.06. The third-order valence-electron chi connectivity index (χ3n) is 5.06. The zero-order valence-electron chi connectivity index (χ0n) is 17.5. The maximum Gasteiger partial charge on any atom is 0.259 e. The van der Waals surface area contributed by atoms with Crippen LogP contribution in [0.25, 0.3) is 22.4 Å². The summed E-state index contributed by atoms with van der Waals surface area (Å²) < 4.78 is 5.36. The van der Waals surface area contributed by atoms with Gasteiger partial charge in [0.25, 0.3) is 11.6 Å². The van der Waals surface area contributed by atoms with Crippen molar-refractivity contribution in [2.75, 3.05) is 12.4 Å². The molecule has 0 saturated carbocycles. The molecule has 2 amide bonds. The predicted molar refractivity (Wildman–Crippen MR) is 119 cm³/mol. The van der Waals surface area contributed by atoms with E-state index in [-0.39, 0.29) is 18.2 Å². The molecule has 0 atom stereocenters. The Bertz CT molecular complexity index is 1260. The minimum absolute atomic E-state index is 0.0671. The molecule has 7 heteroatoms. The first-order chi connectivity index (χ1) is 14.9. The van der Waals surface area contributed by atoms with Gasteiger partial charge >= 0.3 is 0 Å². The number of fused-ring (bicyclic) bond motifs is 1. The van der Waals surface area contributed by atoms with Crippen LogP contribution in [0, 0.1) is 13.8 Å². The van der Waals surface area contributed by atoms with Gasteiger partial charge in [-0.3, -0.25) is 9.59 Å². The van der Waals surface area contributed by atoms with E-state index in [1.165, 1.54) is 0 Å². The predicted octanol–water partition coefficient (Wildman–Crippen LogP) is 4.05. The Balaban J connectivity index is 1.66. The number of amides is 2. The molecule has 4 rings (SSSR count). The Labute approximate surface area is 179 Å². The molecule has 0 bridgehead atoms. The first-order valence-electron chi connectivity index (χ1n) is 9.89. The summed E-state index contributed by atoms with van der Waals surface area (Å²) >= 11 is 0. The fourth-order valence-corrected chi connectivity index (χ4v) is 3.32. The second-order valence-corrected chi connectivity index (χ2v) is 7.37. The van der Waals surface area contributed by atoms with Crippen LogP contribution in [0.5, 0.6) is 0 Å². The summed E-state index contributed by atoms with van der Waals surface area (Å²) in [5.74, 6) is -0.353. The van der Waals surface area contributed by atoms with Crippen LogP contribution in [0.15, 0.2) is 59.1 Å². The normalized spacial score (nSPS) is 10.8. The number of aromatic nitrogens is 2. The van der Waals surface area contributed by atoms with Gasteiger partial charge < -0.3 is 15.2 Å². The Morgan fingerprint density at radius 3 is 2.39 bits per heavy atom. The van der Waals surface area contributed by atoms with E-state index in [2.05, 4.69) is 20.8 Å². The highest BCUT2D eigenvalue weighted by molar-refractivity contribution is 6.13. The zero-order chi connectivity index (χ0) is 22.0. The molecular formula is C24H22N4O3. The highest BCUT2D eigenvalue weighted by Crippen LogP contribution is 2.28. The smallest absolute Gasteiger partial charge is 0.259 e. The van der Waals surface area contributed by atoms with Crippen LogP contribution in [-0.2, 0) is 11.2 Å². The molecule has 31 heavy (non-hydrogen) atoms. The summed E-state index contributed by atoms with van der Waals surface area (Å²) in [7, 11) is 1.60. The number of nitrogens with one attached hydrogen (secondary N) is 2. The summed E-state index contributed by atoms with van der Waals surface area (Å²) in [5.41, 5.74) is 5.50. The van der Waals surface area contributed by atoms with E-state index in [1.807, 2.05) is 43.3 Å². The van der Waals surface area contributed by atoms with Crippen LogP contribution in [0.4, 0.5) is 5.69 Å². The molecule has 4 aromatic rings. The standard InChI is InChI=1S/C24H22N4O3/c1-14-4-8-17(9-5-14)20-13-19(22-15(2)28-31-24(22)27-20)23(30)26-18-10-6-16(7-11-18)12-21(29)25-3/h4-11,13H,12H2,1-3H3,(H,25,29)(H,26,30). The second-order valence-electron chi connectivity index (χ2n) is 7.37. The van der Waals surface area contributed by atoms with E-state index in [1.54, 1.807) is 32.2 Å². The van der Waals surface area contributed by atoms with Crippen molar-refractivity contribution in [3.8, 4) is 11.3 Å². The first kappa shape index (κ1) is 20.3. The van der Waals surface area contributed by atoms with Gasteiger partial charge in [0, 0.05) is 18.3 Å². The molecule has 0 aliphatic carbocycles. The molecule has 0 fully saturated rings. The van der Waals surface area contributed by atoms with Crippen LogP contribution >= 0.6 is 0 Å². The number of carbonyl (C=O) groups is 2. The van der Waals surface area contributed by atoms with Crippen molar-refractivity contribution < 1.29 is 14.1 Å². The number of rotatable bonds is 5. The van der Waals surface area contributed by atoms with Crippen LogP contribution in [0.2, 0.25) is 0 Å². The minimum atomic E-state index is -0.286. The van der Waals surface area contributed by atoms with Crippen molar-refractivity contribution in [3.63, 3.8) is 0 Å². The van der Waals surface area contributed by atoms with E-state index in [0.29, 0.717) is 33.7 Å². The summed E-state index contributed by atoms with van der Waals surface area (Å²) in [6, 6.07) is 16.8. The van der Waals surface area contributed by atoms with Crippen LogP contribution in [-0.4, -0.2) is 29.0 Å². The molecule has 156 valence electrons. The Kier molecular flexibility index (Phi) is 5.49. The van der Waals surface area contributed by atoms with Gasteiger partial charge in [0.05, 0.1) is 28.8 Å². The number of likely N-dealkylation sites (N-methyl/N-ethyl adjacent to an activating group) is 1. The second kappa shape index (κ2) is 8.39. The first-order valence-corrected chi connectivity index (χ1v) is 9.89. The molecule has 2 aromatic carbocycles. The molecule has 2 N–H and O–H groups in total. The topological polar surface area (TPSA) is 97.1 Å². The van der Waals surface area contributed by atoms with Crippen molar-refractivity contribution in [3.05, 3.63) is 77.0 Å². The summed E-state index contributed by atoms with van der Waals surface area (Å²) in [6.45, 7) is 3.79. The number of hydrogen-bond donors (Lipinski definition) is 2. The van der Waals surface area contributed by atoms with Gasteiger partial charge in [-0.15, -0.1) is 0 Å². The van der Waals surface area contributed by atoms with Gasteiger partial charge in [0.1, 0.15) is 0 Å².